The van der Waals surface area contributed by atoms with Gasteiger partial charge in [0, 0.05) is 6.04 Å². The fourth-order valence-corrected chi connectivity index (χ4v) is 3.17. The van der Waals surface area contributed by atoms with Crippen LogP contribution in [0.2, 0.25) is 0 Å². The molecule has 0 spiro atoms. The van der Waals surface area contributed by atoms with E-state index in [2.05, 4.69) is 48.2 Å². The highest BCUT2D eigenvalue weighted by Gasteiger charge is 2.19. The Labute approximate surface area is 127 Å². The second-order valence-corrected chi connectivity index (χ2v) is 5.90. The van der Waals surface area contributed by atoms with Crippen LogP contribution in [0.5, 0.6) is 0 Å². The van der Waals surface area contributed by atoms with Crippen molar-refractivity contribution in [3.8, 4) is 11.1 Å². The first-order valence-corrected chi connectivity index (χ1v) is 7.82. The van der Waals surface area contributed by atoms with E-state index >= 15 is 0 Å². The Kier molecular flexibility index (Phi) is 4.37. The molecule has 2 aromatic rings. The molecular weight excluding hydrogens is 258 g/mol. The minimum atomic E-state index is 0.0950. The van der Waals surface area contributed by atoms with Crippen LogP contribution in [-0.4, -0.2) is 23.1 Å². The number of hydrogen-bond donors (Lipinski definition) is 1. The first-order chi connectivity index (χ1) is 10.3. The van der Waals surface area contributed by atoms with Crippen molar-refractivity contribution >= 4 is 0 Å². The van der Waals surface area contributed by atoms with Gasteiger partial charge >= 0.3 is 0 Å². The van der Waals surface area contributed by atoms with Gasteiger partial charge in [0.05, 0.1) is 6.61 Å². The Hall–Kier alpha value is -1.64. The van der Waals surface area contributed by atoms with Gasteiger partial charge in [-0.2, -0.15) is 0 Å². The maximum Gasteiger partial charge on any atom is 0.0682 e. The summed E-state index contributed by atoms with van der Waals surface area (Å²) in [6, 6.07) is 17.4. The number of likely N-dealkylation sites (tertiary alicyclic amines) is 1. The third-order valence-corrected chi connectivity index (χ3v) is 4.50. The Balaban J connectivity index is 1.88. The number of rotatable bonds is 4. The molecule has 2 heteroatoms. The van der Waals surface area contributed by atoms with Gasteiger partial charge in [-0.25, -0.2) is 0 Å². The molecule has 0 aromatic heterocycles. The molecule has 1 aliphatic rings. The van der Waals surface area contributed by atoms with E-state index < -0.39 is 0 Å². The zero-order valence-corrected chi connectivity index (χ0v) is 12.6. The molecule has 0 amide bonds. The van der Waals surface area contributed by atoms with E-state index in [-0.39, 0.29) is 6.61 Å². The molecule has 110 valence electrons. The Morgan fingerprint density at radius 1 is 1.00 bits per heavy atom. The minimum Gasteiger partial charge on any atom is -0.392 e. The van der Waals surface area contributed by atoms with E-state index in [9.17, 15) is 5.11 Å². The lowest BCUT2D eigenvalue weighted by molar-refractivity contribution is 0.263. The van der Waals surface area contributed by atoms with Gasteiger partial charge < -0.3 is 5.11 Å². The van der Waals surface area contributed by atoms with Crippen LogP contribution in [0.3, 0.4) is 0 Å². The summed E-state index contributed by atoms with van der Waals surface area (Å²) in [4.78, 5) is 2.56. The third-order valence-electron chi connectivity index (χ3n) is 4.50. The molecule has 1 atom stereocenters. The molecule has 1 N–H and O–H groups in total. The van der Waals surface area contributed by atoms with Crippen molar-refractivity contribution in [1.82, 2.24) is 4.90 Å². The molecule has 2 nitrogen and oxygen atoms in total. The summed E-state index contributed by atoms with van der Waals surface area (Å²) in [5.41, 5.74) is 4.75. The largest absolute Gasteiger partial charge is 0.392 e. The molecule has 1 fully saturated rings. The van der Waals surface area contributed by atoms with Gasteiger partial charge in [0.2, 0.25) is 0 Å². The summed E-state index contributed by atoms with van der Waals surface area (Å²) < 4.78 is 0. The second-order valence-electron chi connectivity index (χ2n) is 5.90. The molecule has 0 saturated carbocycles. The van der Waals surface area contributed by atoms with Gasteiger partial charge in [-0.3, -0.25) is 4.90 Å². The van der Waals surface area contributed by atoms with Crippen LogP contribution in [-0.2, 0) is 6.61 Å². The van der Waals surface area contributed by atoms with Crippen molar-refractivity contribution in [2.75, 3.05) is 13.1 Å². The van der Waals surface area contributed by atoms with Crippen molar-refractivity contribution in [2.45, 2.75) is 32.4 Å². The quantitative estimate of drug-likeness (QED) is 0.915. The van der Waals surface area contributed by atoms with Crippen molar-refractivity contribution < 1.29 is 5.11 Å². The average molecular weight is 281 g/mol. The van der Waals surface area contributed by atoms with E-state index in [4.69, 9.17) is 0 Å². The first kappa shape index (κ1) is 14.3. The van der Waals surface area contributed by atoms with Crippen LogP contribution in [0, 0.1) is 0 Å². The van der Waals surface area contributed by atoms with Crippen LogP contribution in [0.1, 0.15) is 36.9 Å². The highest BCUT2D eigenvalue weighted by molar-refractivity contribution is 5.65. The summed E-state index contributed by atoms with van der Waals surface area (Å²) in [6.07, 6.45) is 2.64. The molecule has 1 heterocycles. The predicted molar refractivity (Wildman–Crippen MR) is 87.0 cm³/mol. The smallest absolute Gasteiger partial charge is 0.0682 e. The van der Waals surface area contributed by atoms with Gasteiger partial charge in [0.15, 0.2) is 0 Å². The van der Waals surface area contributed by atoms with E-state index in [0.717, 1.165) is 5.56 Å². The Bertz CT molecular complexity index is 602. The van der Waals surface area contributed by atoms with Crippen LogP contribution < -0.4 is 0 Å². The molecule has 0 unspecified atom stereocenters. The zero-order valence-electron chi connectivity index (χ0n) is 12.6. The topological polar surface area (TPSA) is 23.5 Å². The van der Waals surface area contributed by atoms with Crippen molar-refractivity contribution in [3.63, 3.8) is 0 Å². The fourth-order valence-electron chi connectivity index (χ4n) is 3.17. The molecule has 21 heavy (non-hydrogen) atoms. The van der Waals surface area contributed by atoms with E-state index in [1.165, 1.54) is 42.6 Å². The molecule has 1 saturated heterocycles. The lowest BCUT2D eigenvalue weighted by Crippen LogP contribution is -2.23. The molecule has 0 aliphatic carbocycles. The lowest BCUT2D eigenvalue weighted by atomic mass is 9.98. The molecule has 2 aromatic carbocycles. The maximum atomic E-state index is 9.29. The summed E-state index contributed by atoms with van der Waals surface area (Å²) in [7, 11) is 0. The number of nitrogens with zero attached hydrogens (tertiary/aromatic N) is 1. The van der Waals surface area contributed by atoms with Crippen molar-refractivity contribution in [3.05, 3.63) is 59.7 Å². The first-order valence-electron chi connectivity index (χ1n) is 7.82. The van der Waals surface area contributed by atoms with Gasteiger partial charge in [0.25, 0.3) is 0 Å². The number of aliphatic hydroxyl groups excluding tert-OH is 1. The number of hydrogen-bond acceptors (Lipinski definition) is 2. The maximum absolute atomic E-state index is 9.29. The molecule has 1 aliphatic heterocycles. The predicted octanol–water partition coefficient (Wildman–Crippen LogP) is 4.00. The molecule has 0 bridgehead atoms. The third kappa shape index (κ3) is 3.17. The normalized spacial score (nSPS) is 17.0. The minimum absolute atomic E-state index is 0.0950. The average Bonchev–Trinajstić information content (AvgIpc) is 3.09. The summed E-state index contributed by atoms with van der Waals surface area (Å²) >= 11 is 0. The van der Waals surface area contributed by atoms with Crippen molar-refractivity contribution in [2.24, 2.45) is 0 Å². The van der Waals surface area contributed by atoms with Crippen LogP contribution >= 0.6 is 0 Å². The van der Waals surface area contributed by atoms with Crippen molar-refractivity contribution in [1.29, 1.82) is 0 Å². The summed E-state index contributed by atoms with van der Waals surface area (Å²) in [5, 5.41) is 9.29. The zero-order chi connectivity index (χ0) is 14.7. The SMILES string of the molecule is C[C@@H](c1cccc(-c2cccc(CO)c2)c1)N1CCCC1. The fraction of sp³-hybridized carbons (Fsp3) is 0.368. The van der Waals surface area contributed by atoms with Gasteiger partial charge in [-0.1, -0.05) is 36.4 Å². The van der Waals surface area contributed by atoms with E-state index in [0.29, 0.717) is 6.04 Å². The van der Waals surface area contributed by atoms with Gasteiger partial charge in [-0.15, -0.1) is 0 Å². The van der Waals surface area contributed by atoms with Crippen LogP contribution in [0.4, 0.5) is 0 Å². The second kappa shape index (κ2) is 6.42. The van der Waals surface area contributed by atoms with E-state index in [1.807, 2.05) is 12.1 Å². The Morgan fingerprint density at radius 3 is 2.38 bits per heavy atom. The van der Waals surface area contributed by atoms with Gasteiger partial charge in [-0.05, 0) is 67.2 Å². The lowest BCUT2D eigenvalue weighted by Gasteiger charge is -2.24. The highest BCUT2D eigenvalue weighted by atomic mass is 16.3. The standard InChI is InChI=1S/C19H23NO/c1-15(20-10-2-3-11-20)17-7-5-9-19(13-17)18-8-4-6-16(12-18)14-21/h4-9,12-13,15,21H,2-3,10-11,14H2,1H3/t15-/m0/s1. The highest BCUT2D eigenvalue weighted by Crippen LogP contribution is 2.28. The summed E-state index contributed by atoms with van der Waals surface area (Å²) in [5.74, 6) is 0. The molecular formula is C19H23NO. The number of aliphatic hydroxyl groups is 1. The molecule has 3 rings (SSSR count). The van der Waals surface area contributed by atoms with E-state index in [1.54, 1.807) is 0 Å². The number of benzene rings is 2. The van der Waals surface area contributed by atoms with Crippen LogP contribution in [0.25, 0.3) is 11.1 Å². The summed E-state index contributed by atoms with van der Waals surface area (Å²) in [6.45, 7) is 4.82. The monoisotopic (exact) mass is 281 g/mol. The Morgan fingerprint density at radius 2 is 1.67 bits per heavy atom. The van der Waals surface area contributed by atoms with Gasteiger partial charge in [0.1, 0.15) is 0 Å². The van der Waals surface area contributed by atoms with Crippen LogP contribution in [0.15, 0.2) is 48.5 Å². The molecule has 0 radical (unpaired) electrons.